The predicted molar refractivity (Wildman–Crippen MR) is 78.2 cm³/mol. The Labute approximate surface area is 126 Å². The molecule has 0 N–H and O–H groups in total. The van der Waals surface area contributed by atoms with Crippen molar-refractivity contribution in [3.63, 3.8) is 0 Å². The zero-order valence-electron chi connectivity index (χ0n) is 12.6. The van der Waals surface area contributed by atoms with Gasteiger partial charge in [-0.1, -0.05) is 6.42 Å². The number of carbonyl (C=O) groups is 1. The molecule has 1 aliphatic carbocycles. The fraction of sp³-hybridized carbons (Fsp3) is 0.929. The number of rotatable bonds is 2. The summed E-state index contributed by atoms with van der Waals surface area (Å²) in [6.07, 6.45) is 4.98. The Morgan fingerprint density at radius 2 is 1.90 bits per heavy atom. The number of nitrogens with zero attached hydrogens (tertiary/aromatic N) is 2. The Balaban J connectivity index is 1.75. The molecule has 2 heterocycles. The largest absolute Gasteiger partial charge is 0.378 e. The van der Waals surface area contributed by atoms with Gasteiger partial charge in [0.05, 0.1) is 19.5 Å². The molecule has 1 spiro atoms. The Hall–Kier alpha value is -0.660. The first-order chi connectivity index (χ1) is 9.92. The highest BCUT2D eigenvalue weighted by Crippen LogP contribution is 2.50. The summed E-state index contributed by atoms with van der Waals surface area (Å²) in [6, 6.07) is 0. The molecule has 2 aliphatic heterocycles. The first-order valence-corrected chi connectivity index (χ1v) is 9.59. The quantitative estimate of drug-likeness (QED) is 0.735. The summed E-state index contributed by atoms with van der Waals surface area (Å²) in [7, 11) is -3.15. The topological polar surface area (TPSA) is 66.9 Å². The van der Waals surface area contributed by atoms with Crippen LogP contribution in [0.4, 0.5) is 0 Å². The average Bonchev–Trinajstić information content (AvgIpc) is 3.07. The minimum Gasteiger partial charge on any atom is -0.378 e. The van der Waals surface area contributed by atoms with Crippen molar-refractivity contribution in [2.75, 3.05) is 45.6 Å². The van der Waals surface area contributed by atoms with Crippen LogP contribution in [0.25, 0.3) is 0 Å². The van der Waals surface area contributed by atoms with Crippen LogP contribution in [-0.2, 0) is 19.6 Å². The molecule has 3 rings (SSSR count). The number of sulfonamides is 1. The van der Waals surface area contributed by atoms with E-state index in [0.717, 1.165) is 25.7 Å². The Morgan fingerprint density at radius 1 is 1.19 bits per heavy atom. The highest BCUT2D eigenvalue weighted by atomic mass is 32.2. The van der Waals surface area contributed by atoms with Gasteiger partial charge in [-0.2, -0.15) is 0 Å². The van der Waals surface area contributed by atoms with Crippen LogP contribution in [0.5, 0.6) is 0 Å². The van der Waals surface area contributed by atoms with Crippen LogP contribution in [-0.4, -0.2) is 69.2 Å². The van der Waals surface area contributed by atoms with Crippen molar-refractivity contribution in [2.24, 2.45) is 11.3 Å². The highest BCUT2D eigenvalue weighted by molar-refractivity contribution is 7.88. The summed E-state index contributed by atoms with van der Waals surface area (Å²) in [5.41, 5.74) is -0.127. The summed E-state index contributed by atoms with van der Waals surface area (Å²) in [5.74, 6) is 0.202. The van der Waals surface area contributed by atoms with Gasteiger partial charge in [0.2, 0.25) is 15.9 Å². The molecule has 0 radical (unpaired) electrons. The minimum absolute atomic E-state index is 0.0117. The molecule has 2 atom stereocenters. The Kier molecular flexibility index (Phi) is 4.00. The molecule has 0 aromatic heterocycles. The van der Waals surface area contributed by atoms with E-state index in [1.165, 1.54) is 6.26 Å². The van der Waals surface area contributed by atoms with Crippen molar-refractivity contribution in [1.82, 2.24) is 9.21 Å². The maximum Gasteiger partial charge on any atom is 0.226 e. The van der Waals surface area contributed by atoms with Crippen LogP contribution in [0.3, 0.4) is 0 Å². The summed E-state index contributed by atoms with van der Waals surface area (Å²) in [4.78, 5) is 14.7. The van der Waals surface area contributed by atoms with Gasteiger partial charge in [-0.3, -0.25) is 4.79 Å². The lowest BCUT2D eigenvalue weighted by Gasteiger charge is -2.36. The molecule has 0 unspecified atom stereocenters. The van der Waals surface area contributed by atoms with Crippen LogP contribution in [0, 0.1) is 11.3 Å². The molecule has 1 saturated carbocycles. The number of ether oxygens (including phenoxy) is 1. The standard InChI is InChI=1S/C14H24N2O4S/c1-21(18,19)16-6-5-14(11-16)4-2-3-12(14)13(17)15-7-9-20-10-8-15/h12H,2-11H2,1H3/t12-,14-/m0/s1. The third-order valence-electron chi connectivity index (χ3n) is 5.35. The molecule has 0 bridgehead atoms. The molecule has 0 aromatic carbocycles. The minimum atomic E-state index is -3.15. The van der Waals surface area contributed by atoms with Crippen molar-refractivity contribution in [1.29, 1.82) is 0 Å². The van der Waals surface area contributed by atoms with Gasteiger partial charge in [0, 0.05) is 32.1 Å². The number of amides is 1. The van der Waals surface area contributed by atoms with E-state index < -0.39 is 10.0 Å². The third kappa shape index (κ3) is 2.83. The van der Waals surface area contributed by atoms with E-state index in [-0.39, 0.29) is 17.2 Å². The molecule has 1 amide bonds. The van der Waals surface area contributed by atoms with Gasteiger partial charge in [-0.25, -0.2) is 12.7 Å². The molecule has 0 aromatic rings. The van der Waals surface area contributed by atoms with Crippen molar-refractivity contribution in [3.05, 3.63) is 0 Å². The molecule has 3 fully saturated rings. The average molecular weight is 316 g/mol. The molecule has 3 aliphatic rings. The number of carbonyl (C=O) groups excluding carboxylic acids is 1. The van der Waals surface area contributed by atoms with E-state index in [9.17, 15) is 13.2 Å². The lowest BCUT2D eigenvalue weighted by Crippen LogP contribution is -2.47. The first kappa shape index (κ1) is 15.2. The molecule has 2 saturated heterocycles. The van der Waals surface area contributed by atoms with Crippen molar-refractivity contribution >= 4 is 15.9 Å². The summed E-state index contributed by atoms with van der Waals surface area (Å²) < 4.78 is 30.4. The highest BCUT2D eigenvalue weighted by Gasteiger charge is 2.52. The smallest absolute Gasteiger partial charge is 0.226 e. The van der Waals surface area contributed by atoms with Gasteiger partial charge in [0.15, 0.2) is 0 Å². The van der Waals surface area contributed by atoms with Gasteiger partial charge in [0.25, 0.3) is 0 Å². The van der Waals surface area contributed by atoms with Crippen LogP contribution in [0.1, 0.15) is 25.7 Å². The fourth-order valence-electron chi connectivity index (χ4n) is 4.16. The molecular weight excluding hydrogens is 292 g/mol. The van der Waals surface area contributed by atoms with E-state index in [4.69, 9.17) is 4.74 Å². The van der Waals surface area contributed by atoms with Gasteiger partial charge < -0.3 is 9.64 Å². The van der Waals surface area contributed by atoms with E-state index in [1.807, 2.05) is 4.90 Å². The van der Waals surface area contributed by atoms with E-state index >= 15 is 0 Å². The van der Waals surface area contributed by atoms with Crippen LogP contribution < -0.4 is 0 Å². The maximum atomic E-state index is 12.8. The number of hydrogen-bond donors (Lipinski definition) is 0. The normalized spacial score (nSPS) is 34.7. The second-order valence-electron chi connectivity index (χ2n) is 6.59. The van der Waals surface area contributed by atoms with Crippen LogP contribution in [0.15, 0.2) is 0 Å². The summed E-state index contributed by atoms with van der Waals surface area (Å²) in [5, 5.41) is 0. The van der Waals surface area contributed by atoms with Crippen molar-refractivity contribution in [2.45, 2.75) is 25.7 Å². The van der Waals surface area contributed by atoms with Gasteiger partial charge in [-0.15, -0.1) is 0 Å². The third-order valence-corrected chi connectivity index (χ3v) is 6.60. The summed E-state index contributed by atoms with van der Waals surface area (Å²) >= 11 is 0. The SMILES string of the molecule is CS(=O)(=O)N1CC[C@@]2(CCC[C@H]2C(=O)N2CCOCC2)C1. The van der Waals surface area contributed by atoms with Gasteiger partial charge in [0.1, 0.15) is 0 Å². The zero-order valence-corrected chi connectivity index (χ0v) is 13.4. The Bertz CT molecular complexity index is 515. The summed E-state index contributed by atoms with van der Waals surface area (Å²) in [6.45, 7) is 3.64. The van der Waals surface area contributed by atoms with Crippen molar-refractivity contribution < 1.29 is 17.9 Å². The molecular formula is C14H24N2O4S. The number of morpholine rings is 1. The lowest BCUT2D eigenvalue weighted by atomic mass is 9.76. The Morgan fingerprint density at radius 3 is 2.52 bits per heavy atom. The van der Waals surface area contributed by atoms with Crippen LogP contribution >= 0.6 is 0 Å². The molecule has 120 valence electrons. The van der Waals surface area contributed by atoms with E-state index in [0.29, 0.717) is 39.4 Å². The van der Waals surface area contributed by atoms with Crippen molar-refractivity contribution in [3.8, 4) is 0 Å². The molecule has 6 nitrogen and oxygen atoms in total. The van der Waals surface area contributed by atoms with Crippen LogP contribution in [0.2, 0.25) is 0 Å². The monoisotopic (exact) mass is 316 g/mol. The van der Waals surface area contributed by atoms with Gasteiger partial charge >= 0.3 is 0 Å². The van der Waals surface area contributed by atoms with E-state index in [2.05, 4.69) is 0 Å². The first-order valence-electron chi connectivity index (χ1n) is 7.74. The molecule has 7 heteroatoms. The zero-order chi connectivity index (χ0) is 15.1. The maximum absolute atomic E-state index is 12.8. The number of hydrogen-bond acceptors (Lipinski definition) is 4. The van der Waals surface area contributed by atoms with Gasteiger partial charge in [-0.05, 0) is 24.7 Å². The van der Waals surface area contributed by atoms with E-state index in [1.54, 1.807) is 4.31 Å². The predicted octanol–water partition coefficient (Wildman–Crippen LogP) is 0.297. The lowest BCUT2D eigenvalue weighted by molar-refractivity contribution is -0.142. The second-order valence-corrected chi connectivity index (χ2v) is 8.57. The molecule has 21 heavy (non-hydrogen) atoms. The fourth-order valence-corrected chi connectivity index (χ4v) is 5.07. The second kappa shape index (κ2) is 5.52.